The van der Waals surface area contributed by atoms with Crippen molar-refractivity contribution in [2.75, 3.05) is 0 Å². The van der Waals surface area contributed by atoms with Gasteiger partial charge in [0, 0.05) is 39.4 Å². The van der Waals surface area contributed by atoms with Crippen LogP contribution in [0.2, 0.25) is 0 Å². The van der Waals surface area contributed by atoms with Gasteiger partial charge in [0.25, 0.3) is 0 Å². The van der Waals surface area contributed by atoms with E-state index in [1.165, 1.54) is 27.6 Å². The van der Waals surface area contributed by atoms with Crippen LogP contribution in [0.5, 0.6) is 11.6 Å². The highest BCUT2D eigenvalue weighted by atomic mass is 32.1. The molecule has 200 valence electrons. The summed E-state index contributed by atoms with van der Waals surface area (Å²) < 4.78 is 8.61. The molecule has 4 nitrogen and oxygen atoms in total. The first-order chi connectivity index (χ1) is 19.9. The summed E-state index contributed by atoms with van der Waals surface area (Å²) in [6, 6.07) is 31.4. The van der Waals surface area contributed by atoms with Gasteiger partial charge in [0.2, 0.25) is 5.88 Å². The summed E-state index contributed by atoms with van der Waals surface area (Å²) >= 11 is 4.76. The lowest BCUT2D eigenvalue weighted by atomic mass is 9.91. The van der Waals surface area contributed by atoms with Gasteiger partial charge in [-0.25, -0.2) is 9.97 Å². The molecule has 3 aromatic heterocycles. The Hall–Kier alpha value is -4.61. The summed E-state index contributed by atoms with van der Waals surface area (Å²) in [7, 11) is 0. The normalized spacial score (nSPS) is 11.5. The number of aryl methyl sites for hydroxylation is 4. The molecule has 0 spiro atoms. The van der Waals surface area contributed by atoms with Crippen LogP contribution in [0.25, 0.3) is 49.7 Å². The molecule has 0 amide bonds. The maximum atomic E-state index is 6.40. The molecule has 0 aliphatic heterocycles. The quantitative estimate of drug-likeness (QED) is 0.221. The molecule has 0 unspecified atom stereocenters. The Labute approximate surface area is 244 Å². The van der Waals surface area contributed by atoms with E-state index in [0.717, 1.165) is 49.2 Å². The fraction of sp³-hybridized carbons (Fsp3) is 0.111. The highest BCUT2D eigenvalue weighted by Gasteiger charge is 2.17. The van der Waals surface area contributed by atoms with Crippen molar-refractivity contribution in [1.82, 2.24) is 14.5 Å². The van der Waals surface area contributed by atoms with Crippen molar-refractivity contribution < 1.29 is 4.74 Å². The molecule has 4 aromatic carbocycles. The summed E-state index contributed by atoms with van der Waals surface area (Å²) in [6.45, 7) is 8.56. The molecule has 0 aliphatic rings. The second-order valence-corrected chi connectivity index (χ2v) is 11.2. The van der Waals surface area contributed by atoms with Gasteiger partial charge in [-0.3, -0.25) is 4.57 Å². The molecule has 0 saturated carbocycles. The van der Waals surface area contributed by atoms with Gasteiger partial charge in [-0.15, -0.1) is 12.6 Å². The molecular weight excluding hydrogens is 522 g/mol. The SMILES string of the molecule is Cc1cc(C)c(-c2ccc(S)c3nc(Oc4ccc5c6ccccc6n(-c6ncccc6C)c5c4)ccc23)c(C)c1. The minimum atomic E-state index is 0.526. The second-order valence-electron chi connectivity index (χ2n) is 10.7. The van der Waals surface area contributed by atoms with E-state index in [9.17, 15) is 0 Å². The summed E-state index contributed by atoms with van der Waals surface area (Å²) in [5.74, 6) is 2.15. The Morgan fingerprint density at radius 1 is 0.683 bits per heavy atom. The van der Waals surface area contributed by atoms with Gasteiger partial charge in [-0.05, 0) is 91.9 Å². The molecule has 0 radical (unpaired) electrons. The van der Waals surface area contributed by atoms with E-state index in [1.54, 1.807) is 0 Å². The summed E-state index contributed by atoms with van der Waals surface area (Å²) in [5.41, 5.74) is 10.2. The van der Waals surface area contributed by atoms with Crippen LogP contribution in [0.4, 0.5) is 0 Å². The van der Waals surface area contributed by atoms with Crippen LogP contribution < -0.4 is 4.74 Å². The monoisotopic (exact) mass is 551 g/mol. The molecular formula is C36H29N3OS. The maximum absolute atomic E-state index is 6.40. The summed E-state index contributed by atoms with van der Waals surface area (Å²) in [5, 5.41) is 3.38. The standard InChI is InChI=1S/C36H29N3OS/c1-21-18-23(3)34(24(4)19-21)28-13-15-32(41)35-29(28)14-16-33(38-35)40-25-11-12-27-26-9-5-6-10-30(26)39(31(27)20-25)36-22(2)8-7-17-37-36/h5-20,41H,1-4H3. The van der Waals surface area contributed by atoms with Gasteiger partial charge < -0.3 is 4.74 Å². The van der Waals surface area contributed by atoms with Crippen LogP contribution >= 0.6 is 12.6 Å². The second kappa shape index (κ2) is 9.79. The molecule has 0 fully saturated rings. The maximum Gasteiger partial charge on any atom is 0.219 e. The van der Waals surface area contributed by atoms with E-state index >= 15 is 0 Å². The van der Waals surface area contributed by atoms with E-state index in [-0.39, 0.29) is 0 Å². The lowest BCUT2D eigenvalue weighted by molar-refractivity contribution is 0.465. The van der Waals surface area contributed by atoms with E-state index in [1.807, 2.05) is 30.5 Å². The lowest BCUT2D eigenvalue weighted by Gasteiger charge is -2.15. The number of rotatable bonds is 4. The van der Waals surface area contributed by atoms with Gasteiger partial charge in [0.05, 0.1) is 16.6 Å². The number of pyridine rings is 2. The zero-order chi connectivity index (χ0) is 28.2. The molecule has 41 heavy (non-hydrogen) atoms. The zero-order valence-electron chi connectivity index (χ0n) is 23.4. The van der Waals surface area contributed by atoms with Gasteiger partial charge in [-0.2, -0.15) is 0 Å². The van der Waals surface area contributed by atoms with Crippen LogP contribution in [0, 0.1) is 27.7 Å². The Balaban J connectivity index is 1.35. The molecule has 7 rings (SSSR count). The van der Waals surface area contributed by atoms with E-state index in [2.05, 4.69) is 99.0 Å². The van der Waals surface area contributed by atoms with E-state index in [4.69, 9.17) is 27.3 Å². The van der Waals surface area contributed by atoms with Crippen LogP contribution in [0.15, 0.2) is 102 Å². The number of hydrogen-bond acceptors (Lipinski definition) is 4. The predicted octanol–water partition coefficient (Wildman–Crippen LogP) is 9.71. The van der Waals surface area contributed by atoms with Gasteiger partial charge in [0.1, 0.15) is 11.6 Å². The Kier molecular flexibility index (Phi) is 6.06. The third-order valence-electron chi connectivity index (χ3n) is 7.82. The average Bonchev–Trinajstić information content (AvgIpc) is 3.28. The number of fused-ring (bicyclic) bond motifs is 4. The molecule has 0 atom stereocenters. The largest absolute Gasteiger partial charge is 0.439 e. The number of nitrogens with zero attached hydrogens (tertiary/aromatic N) is 3. The Morgan fingerprint density at radius 3 is 2.24 bits per heavy atom. The fourth-order valence-electron chi connectivity index (χ4n) is 6.14. The van der Waals surface area contributed by atoms with Crippen LogP contribution in [0.1, 0.15) is 22.3 Å². The third kappa shape index (κ3) is 4.25. The first-order valence-corrected chi connectivity index (χ1v) is 14.2. The molecule has 0 N–H and O–H groups in total. The Bertz CT molecular complexity index is 2120. The number of aromatic nitrogens is 3. The van der Waals surface area contributed by atoms with E-state index in [0.29, 0.717) is 11.6 Å². The minimum Gasteiger partial charge on any atom is -0.439 e. The molecule has 5 heteroatoms. The van der Waals surface area contributed by atoms with Gasteiger partial charge in [-0.1, -0.05) is 48.0 Å². The first-order valence-electron chi connectivity index (χ1n) is 13.7. The van der Waals surface area contributed by atoms with Crippen molar-refractivity contribution in [1.29, 1.82) is 0 Å². The molecule has 7 aromatic rings. The van der Waals surface area contributed by atoms with Crippen molar-refractivity contribution in [3.8, 4) is 28.6 Å². The van der Waals surface area contributed by atoms with Crippen molar-refractivity contribution >= 4 is 45.3 Å². The molecule has 0 aliphatic carbocycles. The van der Waals surface area contributed by atoms with Crippen molar-refractivity contribution in [2.45, 2.75) is 32.6 Å². The lowest BCUT2D eigenvalue weighted by Crippen LogP contribution is -1.99. The minimum absolute atomic E-state index is 0.526. The van der Waals surface area contributed by atoms with Crippen LogP contribution in [-0.4, -0.2) is 14.5 Å². The number of ether oxygens (including phenoxy) is 1. The predicted molar refractivity (Wildman–Crippen MR) is 172 cm³/mol. The fourth-order valence-corrected chi connectivity index (χ4v) is 6.38. The molecule has 3 heterocycles. The smallest absolute Gasteiger partial charge is 0.219 e. The van der Waals surface area contributed by atoms with Crippen LogP contribution in [0.3, 0.4) is 0 Å². The zero-order valence-corrected chi connectivity index (χ0v) is 24.3. The van der Waals surface area contributed by atoms with Crippen molar-refractivity contribution in [2.24, 2.45) is 0 Å². The van der Waals surface area contributed by atoms with Crippen molar-refractivity contribution in [3.05, 3.63) is 119 Å². The van der Waals surface area contributed by atoms with Gasteiger partial charge in [0.15, 0.2) is 0 Å². The number of para-hydroxylation sites is 1. The highest BCUT2D eigenvalue weighted by Crippen LogP contribution is 2.38. The van der Waals surface area contributed by atoms with Gasteiger partial charge >= 0.3 is 0 Å². The van der Waals surface area contributed by atoms with Crippen LogP contribution in [-0.2, 0) is 0 Å². The summed E-state index contributed by atoms with van der Waals surface area (Å²) in [4.78, 5) is 10.5. The highest BCUT2D eigenvalue weighted by molar-refractivity contribution is 7.80. The number of benzene rings is 4. The first kappa shape index (κ1) is 25.4. The third-order valence-corrected chi connectivity index (χ3v) is 8.18. The average molecular weight is 552 g/mol. The topological polar surface area (TPSA) is 39.9 Å². The Morgan fingerprint density at radius 2 is 1.44 bits per heavy atom. The molecule has 0 bridgehead atoms. The summed E-state index contributed by atoms with van der Waals surface area (Å²) in [6.07, 6.45) is 1.84. The molecule has 0 saturated heterocycles. The number of thiol groups is 1. The van der Waals surface area contributed by atoms with Crippen molar-refractivity contribution in [3.63, 3.8) is 0 Å². The van der Waals surface area contributed by atoms with E-state index < -0.39 is 0 Å². The number of hydrogen-bond donors (Lipinski definition) is 1.